The van der Waals surface area contributed by atoms with Gasteiger partial charge in [-0.3, -0.25) is 0 Å². The molecule has 0 atom stereocenters. The van der Waals surface area contributed by atoms with Gasteiger partial charge in [-0.15, -0.1) is 0 Å². The van der Waals surface area contributed by atoms with Gasteiger partial charge in [0.25, 0.3) is 0 Å². The lowest BCUT2D eigenvalue weighted by Crippen LogP contribution is -2.25. The fourth-order valence-corrected chi connectivity index (χ4v) is 2.52. The first-order valence-electron chi connectivity index (χ1n) is 6.73. The number of aromatic nitrogens is 2. The standard InChI is InChI=1S/C13H23IN4/c1-5-9-10-11(14)12(15-6-2)17-13(16-10)18(7-3)8-4/h5-9H2,1-4H3,(H,15,16,17). The molecular formula is C13H23IN4. The van der Waals surface area contributed by atoms with Gasteiger partial charge in [-0.1, -0.05) is 13.3 Å². The van der Waals surface area contributed by atoms with Crippen LogP contribution in [0.1, 0.15) is 39.8 Å². The van der Waals surface area contributed by atoms with Gasteiger partial charge in [0, 0.05) is 19.6 Å². The van der Waals surface area contributed by atoms with Gasteiger partial charge in [-0.2, -0.15) is 4.98 Å². The zero-order valence-corrected chi connectivity index (χ0v) is 13.9. The molecule has 0 radical (unpaired) electrons. The van der Waals surface area contributed by atoms with E-state index in [9.17, 15) is 0 Å². The van der Waals surface area contributed by atoms with Crippen LogP contribution in [0.3, 0.4) is 0 Å². The zero-order chi connectivity index (χ0) is 13.5. The summed E-state index contributed by atoms with van der Waals surface area (Å²) in [5.74, 6) is 1.82. The predicted octanol–water partition coefficient (Wildman–Crippen LogP) is 3.31. The van der Waals surface area contributed by atoms with Crippen molar-refractivity contribution in [2.75, 3.05) is 29.9 Å². The summed E-state index contributed by atoms with van der Waals surface area (Å²) >= 11 is 2.35. The van der Waals surface area contributed by atoms with Gasteiger partial charge in [0.15, 0.2) is 0 Å². The van der Waals surface area contributed by atoms with E-state index in [1.807, 2.05) is 0 Å². The highest BCUT2D eigenvalue weighted by atomic mass is 127. The maximum atomic E-state index is 4.71. The first-order chi connectivity index (χ1) is 8.67. The lowest BCUT2D eigenvalue weighted by molar-refractivity contribution is 0.794. The fourth-order valence-electron chi connectivity index (χ4n) is 1.82. The van der Waals surface area contributed by atoms with Crippen molar-refractivity contribution in [1.82, 2.24) is 9.97 Å². The van der Waals surface area contributed by atoms with Crippen LogP contribution in [0.2, 0.25) is 0 Å². The molecule has 1 aromatic rings. The predicted molar refractivity (Wildman–Crippen MR) is 86.5 cm³/mol. The van der Waals surface area contributed by atoms with Crippen molar-refractivity contribution < 1.29 is 0 Å². The van der Waals surface area contributed by atoms with E-state index < -0.39 is 0 Å². The Kier molecular flexibility index (Phi) is 6.67. The van der Waals surface area contributed by atoms with Gasteiger partial charge in [-0.05, 0) is 49.8 Å². The molecule has 4 nitrogen and oxygen atoms in total. The number of halogens is 1. The van der Waals surface area contributed by atoms with E-state index in [1.54, 1.807) is 0 Å². The fraction of sp³-hybridized carbons (Fsp3) is 0.692. The van der Waals surface area contributed by atoms with Crippen LogP contribution in [0, 0.1) is 3.57 Å². The summed E-state index contributed by atoms with van der Waals surface area (Å²) in [6.45, 7) is 11.3. The van der Waals surface area contributed by atoms with E-state index in [0.717, 1.165) is 53.5 Å². The Hall–Kier alpha value is -0.590. The lowest BCUT2D eigenvalue weighted by atomic mass is 10.2. The molecule has 0 aliphatic rings. The smallest absolute Gasteiger partial charge is 0.227 e. The molecule has 0 aliphatic heterocycles. The molecule has 0 amide bonds. The summed E-state index contributed by atoms with van der Waals surface area (Å²) in [4.78, 5) is 11.5. The van der Waals surface area contributed by atoms with E-state index in [2.05, 4.69) is 65.5 Å². The molecule has 5 heteroatoms. The molecular weight excluding hydrogens is 339 g/mol. The minimum absolute atomic E-state index is 0.847. The average molecular weight is 362 g/mol. The van der Waals surface area contributed by atoms with Crippen molar-refractivity contribution in [3.05, 3.63) is 9.26 Å². The second-order valence-electron chi connectivity index (χ2n) is 4.09. The maximum Gasteiger partial charge on any atom is 0.227 e. The minimum atomic E-state index is 0.847. The lowest BCUT2D eigenvalue weighted by Gasteiger charge is -2.21. The summed E-state index contributed by atoms with van der Waals surface area (Å²) in [5, 5.41) is 3.33. The minimum Gasteiger partial charge on any atom is -0.369 e. The van der Waals surface area contributed by atoms with Gasteiger partial charge in [0.05, 0.1) is 9.26 Å². The molecule has 1 rings (SSSR count). The maximum absolute atomic E-state index is 4.71. The van der Waals surface area contributed by atoms with Crippen LogP contribution in [-0.2, 0) is 6.42 Å². The van der Waals surface area contributed by atoms with E-state index in [1.165, 1.54) is 0 Å². The van der Waals surface area contributed by atoms with Crippen molar-refractivity contribution in [2.24, 2.45) is 0 Å². The van der Waals surface area contributed by atoms with Gasteiger partial charge >= 0.3 is 0 Å². The van der Waals surface area contributed by atoms with E-state index in [4.69, 9.17) is 4.98 Å². The van der Waals surface area contributed by atoms with Crippen LogP contribution in [0.4, 0.5) is 11.8 Å². The highest BCUT2D eigenvalue weighted by Gasteiger charge is 2.14. The van der Waals surface area contributed by atoms with Gasteiger partial charge in [0.2, 0.25) is 5.95 Å². The normalized spacial score (nSPS) is 10.5. The number of aryl methyl sites for hydroxylation is 1. The van der Waals surface area contributed by atoms with Crippen molar-refractivity contribution >= 4 is 34.4 Å². The second kappa shape index (κ2) is 7.76. The molecule has 0 saturated heterocycles. The molecule has 0 aromatic carbocycles. The molecule has 102 valence electrons. The Labute approximate surface area is 124 Å². The first-order valence-corrected chi connectivity index (χ1v) is 7.80. The number of rotatable bonds is 7. The molecule has 0 saturated carbocycles. The van der Waals surface area contributed by atoms with E-state index >= 15 is 0 Å². The van der Waals surface area contributed by atoms with Crippen molar-refractivity contribution in [3.8, 4) is 0 Å². The summed E-state index contributed by atoms with van der Waals surface area (Å²) < 4.78 is 1.16. The summed E-state index contributed by atoms with van der Waals surface area (Å²) in [5.41, 5.74) is 1.16. The molecule has 0 spiro atoms. The highest BCUT2D eigenvalue weighted by molar-refractivity contribution is 14.1. The molecule has 1 N–H and O–H groups in total. The summed E-state index contributed by atoms with van der Waals surface area (Å²) in [7, 11) is 0. The third-order valence-corrected chi connectivity index (χ3v) is 3.92. The average Bonchev–Trinajstić information content (AvgIpc) is 2.36. The molecule has 0 fully saturated rings. The zero-order valence-electron chi connectivity index (χ0n) is 11.8. The quantitative estimate of drug-likeness (QED) is 0.756. The van der Waals surface area contributed by atoms with Crippen LogP contribution >= 0.6 is 22.6 Å². The summed E-state index contributed by atoms with van der Waals surface area (Å²) in [6, 6.07) is 0. The van der Waals surface area contributed by atoms with Gasteiger partial charge in [-0.25, -0.2) is 4.98 Å². The Morgan fingerprint density at radius 3 is 2.28 bits per heavy atom. The SMILES string of the molecule is CCCc1nc(N(CC)CC)nc(NCC)c1I. The van der Waals surface area contributed by atoms with E-state index in [-0.39, 0.29) is 0 Å². The number of hydrogen-bond acceptors (Lipinski definition) is 4. The Balaban J connectivity index is 3.18. The topological polar surface area (TPSA) is 41.1 Å². The van der Waals surface area contributed by atoms with Crippen LogP contribution in [0.5, 0.6) is 0 Å². The van der Waals surface area contributed by atoms with Crippen LogP contribution in [-0.4, -0.2) is 29.6 Å². The van der Waals surface area contributed by atoms with Crippen molar-refractivity contribution in [2.45, 2.75) is 40.5 Å². The second-order valence-corrected chi connectivity index (χ2v) is 5.16. The summed E-state index contributed by atoms with van der Waals surface area (Å²) in [6.07, 6.45) is 2.11. The molecule has 1 heterocycles. The molecule has 0 aliphatic carbocycles. The third kappa shape index (κ3) is 3.70. The van der Waals surface area contributed by atoms with Crippen LogP contribution in [0.15, 0.2) is 0 Å². The van der Waals surface area contributed by atoms with Crippen LogP contribution < -0.4 is 10.2 Å². The molecule has 0 unspecified atom stereocenters. The van der Waals surface area contributed by atoms with Crippen LogP contribution in [0.25, 0.3) is 0 Å². The number of anilines is 2. The van der Waals surface area contributed by atoms with Crippen molar-refractivity contribution in [1.29, 1.82) is 0 Å². The van der Waals surface area contributed by atoms with Gasteiger partial charge < -0.3 is 10.2 Å². The van der Waals surface area contributed by atoms with E-state index in [0.29, 0.717) is 0 Å². The van der Waals surface area contributed by atoms with Gasteiger partial charge in [0.1, 0.15) is 5.82 Å². The molecule has 18 heavy (non-hydrogen) atoms. The molecule has 0 bridgehead atoms. The number of nitrogens with one attached hydrogen (secondary N) is 1. The number of hydrogen-bond donors (Lipinski definition) is 1. The Bertz CT molecular complexity index is 350. The third-order valence-electron chi connectivity index (χ3n) is 2.79. The Morgan fingerprint density at radius 2 is 1.78 bits per heavy atom. The molecule has 1 aromatic heterocycles. The number of nitrogens with zero attached hydrogens (tertiary/aromatic N) is 3. The first kappa shape index (κ1) is 15.5. The monoisotopic (exact) mass is 362 g/mol. The Morgan fingerprint density at radius 1 is 1.11 bits per heavy atom. The highest BCUT2D eigenvalue weighted by Crippen LogP contribution is 2.23. The largest absolute Gasteiger partial charge is 0.369 e. The van der Waals surface area contributed by atoms with Crippen molar-refractivity contribution in [3.63, 3.8) is 0 Å².